The van der Waals surface area contributed by atoms with Crippen LogP contribution in [0.3, 0.4) is 0 Å². The topological polar surface area (TPSA) is 123 Å². The lowest BCUT2D eigenvalue weighted by Crippen LogP contribution is -2.51. The Kier molecular flexibility index (Phi) is 8.06. The lowest BCUT2D eigenvalue weighted by Gasteiger charge is -2.42. The van der Waals surface area contributed by atoms with E-state index in [9.17, 15) is 18.4 Å². The van der Waals surface area contributed by atoms with Crippen molar-refractivity contribution in [3.8, 4) is 0 Å². The summed E-state index contributed by atoms with van der Waals surface area (Å²) in [5, 5.41) is 12.3. The molecule has 3 N–H and O–H groups in total. The van der Waals surface area contributed by atoms with Crippen molar-refractivity contribution in [1.82, 2.24) is 9.88 Å². The summed E-state index contributed by atoms with van der Waals surface area (Å²) in [6.45, 7) is 1.62. The Morgan fingerprint density at radius 3 is 2.40 bits per heavy atom. The van der Waals surface area contributed by atoms with E-state index >= 15 is 0 Å². The van der Waals surface area contributed by atoms with Crippen molar-refractivity contribution in [1.29, 1.82) is 0 Å². The quantitative estimate of drug-likeness (QED) is 0.532. The van der Waals surface area contributed by atoms with Gasteiger partial charge in [0.2, 0.25) is 0 Å². The van der Waals surface area contributed by atoms with Crippen LogP contribution in [0.1, 0.15) is 64.7 Å². The van der Waals surface area contributed by atoms with E-state index in [4.69, 9.17) is 5.11 Å². The summed E-state index contributed by atoms with van der Waals surface area (Å²) in [5.74, 6) is -0.537. The van der Waals surface area contributed by atoms with Crippen LogP contribution in [0.15, 0.2) is 6.20 Å². The summed E-state index contributed by atoms with van der Waals surface area (Å²) in [4.78, 5) is 30.4. The van der Waals surface area contributed by atoms with Crippen LogP contribution in [0.2, 0.25) is 0 Å². The van der Waals surface area contributed by atoms with Gasteiger partial charge < -0.3 is 10.0 Å². The van der Waals surface area contributed by atoms with Crippen LogP contribution in [0.4, 0.5) is 14.9 Å². The Labute approximate surface area is 183 Å². The molecular weight excluding hydrogens is 428 g/mol. The summed E-state index contributed by atoms with van der Waals surface area (Å²) in [6.07, 6.45) is 11.1. The third kappa shape index (κ3) is 5.92. The zero-order valence-corrected chi connectivity index (χ0v) is 18.8. The van der Waals surface area contributed by atoms with Gasteiger partial charge in [0, 0.05) is 12.1 Å². The van der Waals surface area contributed by atoms with Crippen LogP contribution in [-0.2, 0) is 16.1 Å². The number of nitrogens with one attached hydrogen (secondary N) is 1. The fourth-order valence-electron chi connectivity index (χ4n) is 4.44. The number of nitrogens with zero attached hydrogens (tertiary/aromatic N) is 3. The maximum absolute atomic E-state index is 13.2. The molecule has 2 aliphatic rings. The molecule has 0 bridgehead atoms. The van der Waals surface area contributed by atoms with Gasteiger partial charge in [-0.15, -0.1) is 0 Å². The standard InChI is InChI=1S/C19H30N4O5S2/c1-13-7-9-15(10-8-13)23(14-5-3-2-4-6-14)19(26)21-18-20-11-16(29-18)22(30(27)28)12-17(24)25/h11,13-15H,2-10,12H2,1H3,(H,24,25)(H,27,28)(H,20,21,26). The minimum atomic E-state index is -2.49. The van der Waals surface area contributed by atoms with E-state index in [1.54, 1.807) is 0 Å². The third-order valence-electron chi connectivity index (χ3n) is 6.00. The molecule has 9 nitrogen and oxygen atoms in total. The molecule has 0 aromatic carbocycles. The maximum atomic E-state index is 13.2. The van der Waals surface area contributed by atoms with Crippen molar-refractivity contribution < 1.29 is 23.5 Å². The van der Waals surface area contributed by atoms with Crippen molar-refractivity contribution in [2.45, 2.75) is 76.8 Å². The Morgan fingerprint density at radius 1 is 1.17 bits per heavy atom. The van der Waals surface area contributed by atoms with Crippen molar-refractivity contribution >= 4 is 44.7 Å². The number of carbonyl (C=O) groups excluding carboxylic acids is 1. The average Bonchev–Trinajstić information content (AvgIpc) is 3.16. The fourth-order valence-corrected chi connectivity index (χ4v) is 5.88. The molecule has 1 heterocycles. The molecule has 2 saturated carbocycles. The molecule has 1 atom stereocenters. The third-order valence-corrected chi connectivity index (χ3v) is 7.76. The normalized spacial score (nSPS) is 23.5. The molecule has 2 aliphatic carbocycles. The van der Waals surface area contributed by atoms with Crippen LogP contribution in [0.5, 0.6) is 0 Å². The van der Waals surface area contributed by atoms with Crippen LogP contribution in [-0.4, -0.2) is 54.4 Å². The van der Waals surface area contributed by atoms with E-state index in [-0.39, 0.29) is 23.1 Å². The highest BCUT2D eigenvalue weighted by atomic mass is 32.2. The van der Waals surface area contributed by atoms with E-state index in [1.807, 2.05) is 4.90 Å². The van der Waals surface area contributed by atoms with Gasteiger partial charge in [0.15, 0.2) is 5.13 Å². The van der Waals surface area contributed by atoms with Gasteiger partial charge in [0.1, 0.15) is 11.5 Å². The van der Waals surface area contributed by atoms with Gasteiger partial charge in [0.25, 0.3) is 11.3 Å². The number of aromatic nitrogens is 1. The Morgan fingerprint density at radius 2 is 1.80 bits per heavy atom. The monoisotopic (exact) mass is 458 g/mol. The molecular formula is C19H30N4O5S2. The zero-order chi connectivity index (χ0) is 21.7. The van der Waals surface area contributed by atoms with Crippen LogP contribution in [0, 0.1) is 5.92 Å². The largest absolute Gasteiger partial charge is 0.480 e. The Bertz CT molecular complexity index is 760. The lowest BCUT2D eigenvalue weighted by atomic mass is 9.84. The molecule has 30 heavy (non-hydrogen) atoms. The Balaban J connectivity index is 1.73. The van der Waals surface area contributed by atoms with Crippen molar-refractivity contribution in [3.63, 3.8) is 0 Å². The second kappa shape index (κ2) is 10.5. The SMILES string of the molecule is CC1CCC(N(C(=O)Nc2ncc(N(CC(=O)O)S(=O)O)s2)C2CCCCC2)CC1. The number of rotatable bonds is 7. The smallest absolute Gasteiger partial charge is 0.324 e. The van der Waals surface area contributed by atoms with Crippen molar-refractivity contribution in [3.05, 3.63) is 6.20 Å². The van der Waals surface area contributed by atoms with Gasteiger partial charge in [-0.1, -0.05) is 37.5 Å². The minimum absolute atomic E-state index is 0.183. The molecule has 2 amide bonds. The van der Waals surface area contributed by atoms with Crippen molar-refractivity contribution in [2.24, 2.45) is 5.92 Å². The number of thiazole rings is 1. The molecule has 0 spiro atoms. The maximum Gasteiger partial charge on any atom is 0.324 e. The number of carbonyl (C=O) groups is 2. The number of carboxylic acids is 1. The first-order valence-corrected chi connectivity index (χ1v) is 12.4. The number of aliphatic carboxylic acids is 1. The molecule has 1 aromatic rings. The first-order valence-electron chi connectivity index (χ1n) is 10.5. The number of anilines is 2. The first-order chi connectivity index (χ1) is 14.3. The highest BCUT2D eigenvalue weighted by Crippen LogP contribution is 2.34. The molecule has 0 saturated heterocycles. The molecule has 168 valence electrons. The zero-order valence-electron chi connectivity index (χ0n) is 17.2. The molecule has 2 fully saturated rings. The number of hydrogen-bond donors (Lipinski definition) is 3. The number of hydrogen-bond acceptors (Lipinski definition) is 5. The van der Waals surface area contributed by atoms with E-state index in [0.717, 1.165) is 67.0 Å². The summed E-state index contributed by atoms with van der Waals surface area (Å²) in [5.41, 5.74) is 0. The van der Waals surface area contributed by atoms with Gasteiger partial charge in [0.05, 0.1) is 6.20 Å². The van der Waals surface area contributed by atoms with Crippen molar-refractivity contribution in [2.75, 3.05) is 16.2 Å². The lowest BCUT2D eigenvalue weighted by molar-refractivity contribution is -0.135. The van der Waals surface area contributed by atoms with E-state index in [2.05, 4.69) is 17.2 Å². The first kappa shape index (κ1) is 23.0. The molecule has 1 aromatic heterocycles. The van der Waals surface area contributed by atoms with Crippen LogP contribution >= 0.6 is 11.3 Å². The minimum Gasteiger partial charge on any atom is -0.480 e. The number of carboxylic acid groups (broad SMARTS) is 1. The van der Waals surface area contributed by atoms with Gasteiger partial charge in [-0.3, -0.25) is 14.7 Å². The molecule has 0 radical (unpaired) electrons. The second-order valence-electron chi connectivity index (χ2n) is 8.21. The number of urea groups is 1. The highest BCUT2D eigenvalue weighted by molar-refractivity contribution is 7.81. The van der Waals surface area contributed by atoms with Gasteiger partial charge >= 0.3 is 12.0 Å². The molecule has 1 unspecified atom stereocenters. The molecule has 11 heteroatoms. The van der Waals surface area contributed by atoms with Gasteiger partial charge in [-0.25, -0.2) is 18.3 Å². The van der Waals surface area contributed by atoms with E-state index in [1.165, 1.54) is 12.6 Å². The van der Waals surface area contributed by atoms with E-state index in [0.29, 0.717) is 11.0 Å². The average molecular weight is 459 g/mol. The predicted molar refractivity (Wildman–Crippen MR) is 117 cm³/mol. The summed E-state index contributed by atoms with van der Waals surface area (Å²) < 4.78 is 21.7. The Hall–Kier alpha value is -1.72. The predicted octanol–water partition coefficient (Wildman–Crippen LogP) is 3.92. The highest BCUT2D eigenvalue weighted by Gasteiger charge is 2.34. The fraction of sp³-hybridized carbons (Fsp3) is 0.737. The van der Waals surface area contributed by atoms with E-state index < -0.39 is 23.8 Å². The summed E-state index contributed by atoms with van der Waals surface area (Å²) in [7, 11) is 0. The number of amides is 2. The second-order valence-corrected chi connectivity index (χ2v) is 10.1. The molecule has 3 rings (SSSR count). The van der Waals surface area contributed by atoms with Crippen LogP contribution in [0.25, 0.3) is 0 Å². The van der Waals surface area contributed by atoms with Gasteiger partial charge in [-0.2, -0.15) is 0 Å². The van der Waals surface area contributed by atoms with Gasteiger partial charge in [-0.05, 0) is 44.4 Å². The summed E-state index contributed by atoms with van der Waals surface area (Å²) in [6, 6.07) is 0.263. The summed E-state index contributed by atoms with van der Waals surface area (Å²) >= 11 is -1.50. The van der Waals surface area contributed by atoms with Crippen LogP contribution < -0.4 is 9.62 Å². The molecule has 0 aliphatic heterocycles.